The van der Waals surface area contributed by atoms with Crippen LogP contribution in [0, 0.1) is 10.1 Å². The number of hydrogen-bond acceptors (Lipinski definition) is 5. The summed E-state index contributed by atoms with van der Waals surface area (Å²) in [6, 6.07) is 9.74. The van der Waals surface area contributed by atoms with E-state index in [1.165, 1.54) is 53.1 Å². The predicted octanol–water partition coefficient (Wildman–Crippen LogP) is 4.88. The number of non-ortho nitro benzene ring substituents is 1. The standard InChI is InChI=1S/C18H14F3N3O3S/c19-18(20,21)13-3-1-4-14(11-13)22-17-23(9-2-10-28-17)16(25)12-5-7-15(8-6-12)24(26)27/h1,3-8,11H,2,9-10H2. The summed E-state index contributed by atoms with van der Waals surface area (Å²) in [7, 11) is 0. The van der Waals surface area contributed by atoms with Gasteiger partial charge in [-0.2, -0.15) is 13.2 Å². The number of hydrogen-bond donors (Lipinski definition) is 0. The topological polar surface area (TPSA) is 75.8 Å². The Morgan fingerprint density at radius 3 is 2.54 bits per heavy atom. The van der Waals surface area contributed by atoms with Gasteiger partial charge in [-0.1, -0.05) is 17.8 Å². The molecule has 1 aliphatic rings. The maximum atomic E-state index is 12.9. The molecule has 2 aromatic rings. The Kier molecular flexibility index (Phi) is 5.68. The summed E-state index contributed by atoms with van der Waals surface area (Å²) in [5.74, 6) is 0.273. The molecule has 0 saturated carbocycles. The van der Waals surface area contributed by atoms with Crippen molar-refractivity contribution in [2.24, 2.45) is 4.99 Å². The Bertz CT molecular complexity index is 930. The van der Waals surface area contributed by atoms with Crippen LogP contribution in [0.25, 0.3) is 0 Å². The summed E-state index contributed by atoms with van der Waals surface area (Å²) < 4.78 is 38.7. The summed E-state index contributed by atoms with van der Waals surface area (Å²) in [5, 5.41) is 11.0. The van der Waals surface area contributed by atoms with Crippen LogP contribution >= 0.6 is 11.8 Å². The highest BCUT2D eigenvalue weighted by Crippen LogP contribution is 2.32. The van der Waals surface area contributed by atoms with Crippen molar-refractivity contribution in [2.75, 3.05) is 12.3 Å². The fourth-order valence-corrected chi connectivity index (χ4v) is 3.54. The molecule has 28 heavy (non-hydrogen) atoms. The van der Waals surface area contributed by atoms with Gasteiger partial charge in [-0.25, -0.2) is 4.99 Å². The first-order valence-electron chi connectivity index (χ1n) is 8.21. The Morgan fingerprint density at radius 1 is 1.18 bits per heavy atom. The minimum Gasteiger partial charge on any atom is -0.287 e. The minimum absolute atomic E-state index is 0.0979. The zero-order valence-corrected chi connectivity index (χ0v) is 15.2. The van der Waals surface area contributed by atoms with Crippen molar-refractivity contribution in [1.82, 2.24) is 4.90 Å². The van der Waals surface area contributed by atoms with E-state index in [1.807, 2.05) is 0 Å². The van der Waals surface area contributed by atoms with Gasteiger partial charge in [0.05, 0.1) is 16.2 Å². The molecular weight excluding hydrogens is 395 g/mol. The van der Waals surface area contributed by atoms with E-state index >= 15 is 0 Å². The maximum Gasteiger partial charge on any atom is 0.416 e. The Labute approximate surface area is 162 Å². The summed E-state index contributed by atoms with van der Waals surface area (Å²) in [6.07, 6.45) is -3.78. The lowest BCUT2D eigenvalue weighted by atomic mass is 10.2. The van der Waals surface area contributed by atoms with Crippen LogP contribution in [0.2, 0.25) is 0 Å². The molecule has 1 saturated heterocycles. The number of alkyl halides is 3. The number of rotatable bonds is 3. The molecule has 0 atom stereocenters. The zero-order chi connectivity index (χ0) is 20.3. The third-order valence-corrected chi connectivity index (χ3v) is 5.02. The number of thioether (sulfide) groups is 1. The number of halogens is 3. The SMILES string of the molecule is O=C(c1ccc([N+](=O)[O-])cc1)N1CCCSC1=Nc1cccc(C(F)(F)F)c1. The molecule has 3 rings (SSSR count). The van der Waals surface area contributed by atoms with Crippen LogP contribution < -0.4 is 0 Å². The highest BCUT2D eigenvalue weighted by atomic mass is 32.2. The summed E-state index contributed by atoms with van der Waals surface area (Å²) >= 11 is 1.28. The molecular formula is C18H14F3N3O3S. The largest absolute Gasteiger partial charge is 0.416 e. The van der Waals surface area contributed by atoms with E-state index in [-0.39, 0.29) is 16.9 Å². The molecule has 0 spiro atoms. The van der Waals surface area contributed by atoms with Crippen LogP contribution in [-0.2, 0) is 6.18 Å². The van der Waals surface area contributed by atoms with Crippen molar-refractivity contribution in [3.8, 4) is 0 Å². The van der Waals surface area contributed by atoms with Crippen LogP contribution in [0.5, 0.6) is 0 Å². The van der Waals surface area contributed by atoms with E-state index < -0.39 is 22.6 Å². The van der Waals surface area contributed by atoms with Crippen LogP contribution in [0.4, 0.5) is 24.5 Å². The third kappa shape index (κ3) is 4.50. The molecule has 2 aromatic carbocycles. The van der Waals surface area contributed by atoms with Gasteiger partial charge in [-0.15, -0.1) is 0 Å². The molecule has 0 radical (unpaired) electrons. The van der Waals surface area contributed by atoms with Gasteiger partial charge in [0.15, 0.2) is 5.17 Å². The summed E-state index contributed by atoms with van der Waals surface area (Å²) in [5.41, 5.74) is -0.614. The van der Waals surface area contributed by atoms with Gasteiger partial charge in [0.25, 0.3) is 11.6 Å². The number of nitro benzene ring substituents is 1. The Balaban J connectivity index is 1.89. The molecule has 1 amide bonds. The minimum atomic E-state index is -4.48. The van der Waals surface area contributed by atoms with Crippen LogP contribution in [0.15, 0.2) is 53.5 Å². The molecule has 0 N–H and O–H groups in total. The maximum absolute atomic E-state index is 12.9. The number of amides is 1. The van der Waals surface area contributed by atoms with E-state index in [4.69, 9.17) is 0 Å². The lowest BCUT2D eigenvalue weighted by Gasteiger charge is -2.27. The third-order valence-electron chi connectivity index (χ3n) is 3.96. The van der Waals surface area contributed by atoms with E-state index in [2.05, 4.69) is 4.99 Å². The van der Waals surface area contributed by atoms with Crippen molar-refractivity contribution in [3.05, 3.63) is 69.8 Å². The van der Waals surface area contributed by atoms with Crippen LogP contribution in [0.1, 0.15) is 22.3 Å². The first-order chi connectivity index (χ1) is 13.3. The lowest BCUT2D eigenvalue weighted by Crippen LogP contribution is -2.39. The number of nitrogens with zero attached hydrogens (tertiary/aromatic N) is 3. The highest BCUT2D eigenvalue weighted by molar-refractivity contribution is 8.13. The van der Waals surface area contributed by atoms with Gasteiger partial charge < -0.3 is 0 Å². The van der Waals surface area contributed by atoms with Crippen LogP contribution in [0.3, 0.4) is 0 Å². The van der Waals surface area contributed by atoms with E-state index in [1.54, 1.807) is 0 Å². The molecule has 0 aliphatic carbocycles. The van der Waals surface area contributed by atoms with Gasteiger partial charge in [0, 0.05) is 30.0 Å². The number of amidine groups is 1. The van der Waals surface area contributed by atoms with Crippen molar-refractivity contribution in [2.45, 2.75) is 12.6 Å². The first kappa shape index (κ1) is 19.9. The van der Waals surface area contributed by atoms with Gasteiger partial charge in [0.2, 0.25) is 0 Å². The number of nitro groups is 1. The van der Waals surface area contributed by atoms with E-state index in [0.29, 0.717) is 23.9 Å². The smallest absolute Gasteiger partial charge is 0.287 e. The highest BCUT2D eigenvalue weighted by Gasteiger charge is 2.31. The molecule has 6 nitrogen and oxygen atoms in total. The van der Waals surface area contributed by atoms with Gasteiger partial charge in [-0.05, 0) is 36.8 Å². The second kappa shape index (κ2) is 8.01. The number of aliphatic imine (C=N–C) groups is 1. The Hall–Kier alpha value is -2.88. The normalized spacial score (nSPS) is 16.2. The molecule has 0 aromatic heterocycles. The first-order valence-corrected chi connectivity index (χ1v) is 9.19. The molecule has 0 unspecified atom stereocenters. The van der Waals surface area contributed by atoms with Crippen molar-refractivity contribution >= 4 is 34.2 Å². The molecule has 1 fully saturated rings. The molecule has 1 heterocycles. The number of carbonyl (C=O) groups excluding carboxylic acids is 1. The second-order valence-corrected chi connectivity index (χ2v) is 6.97. The van der Waals surface area contributed by atoms with E-state index in [0.717, 1.165) is 12.1 Å². The zero-order valence-electron chi connectivity index (χ0n) is 14.3. The van der Waals surface area contributed by atoms with Gasteiger partial charge in [0.1, 0.15) is 0 Å². The second-order valence-electron chi connectivity index (χ2n) is 5.91. The molecule has 1 aliphatic heterocycles. The van der Waals surface area contributed by atoms with Crippen molar-refractivity contribution in [3.63, 3.8) is 0 Å². The number of carbonyl (C=O) groups is 1. The summed E-state index contributed by atoms with van der Waals surface area (Å²) in [4.78, 5) is 28.6. The fraction of sp³-hybridized carbons (Fsp3) is 0.222. The summed E-state index contributed by atoms with van der Waals surface area (Å²) in [6.45, 7) is 0.362. The monoisotopic (exact) mass is 409 g/mol. The average Bonchev–Trinajstić information content (AvgIpc) is 2.67. The van der Waals surface area contributed by atoms with E-state index in [9.17, 15) is 28.1 Å². The lowest BCUT2D eigenvalue weighted by molar-refractivity contribution is -0.384. The predicted molar refractivity (Wildman–Crippen MR) is 99.7 cm³/mol. The van der Waals surface area contributed by atoms with Crippen LogP contribution in [-0.4, -0.2) is 33.2 Å². The van der Waals surface area contributed by atoms with Crippen molar-refractivity contribution in [1.29, 1.82) is 0 Å². The number of benzene rings is 2. The van der Waals surface area contributed by atoms with Gasteiger partial charge >= 0.3 is 6.18 Å². The van der Waals surface area contributed by atoms with Crippen molar-refractivity contribution < 1.29 is 22.9 Å². The molecule has 146 valence electrons. The fourth-order valence-electron chi connectivity index (χ4n) is 2.58. The van der Waals surface area contributed by atoms with Gasteiger partial charge in [-0.3, -0.25) is 19.8 Å². The molecule has 0 bridgehead atoms. The Morgan fingerprint density at radius 2 is 1.89 bits per heavy atom. The average molecular weight is 409 g/mol. The quantitative estimate of drug-likeness (QED) is 0.535. The molecule has 10 heteroatoms.